The number of carbonyl (C=O) groups is 1. The third-order valence-corrected chi connectivity index (χ3v) is 7.24. The fourth-order valence-electron chi connectivity index (χ4n) is 2.98. The van der Waals surface area contributed by atoms with Crippen LogP contribution in [0.15, 0.2) is 34.5 Å². The number of fused-ring (bicyclic) bond motifs is 1. The summed E-state index contributed by atoms with van der Waals surface area (Å²) in [5, 5.41) is 6.86. The fraction of sp³-hybridized carbons (Fsp3) is 0.316. The van der Waals surface area contributed by atoms with Crippen LogP contribution in [0.5, 0.6) is 0 Å². The number of carbonyl (C=O) groups excluding carboxylic acids is 1. The Morgan fingerprint density at radius 3 is 2.88 bits per heavy atom. The minimum atomic E-state index is -0.0892. The van der Waals surface area contributed by atoms with Gasteiger partial charge in [0.05, 0.1) is 22.0 Å². The lowest BCUT2D eigenvalue weighted by atomic mass is 10.0. The highest BCUT2D eigenvalue weighted by Gasteiger charge is 2.18. The lowest BCUT2D eigenvalue weighted by Gasteiger charge is -2.08. The summed E-state index contributed by atoms with van der Waals surface area (Å²) in [7, 11) is 0. The predicted molar refractivity (Wildman–Crippen MR) is 110 cm³/mol. The van der Waals surface area contributed by atoms with Crippen molar-refractivity contribution in [3.8, 4) is 0 Å². The number of aryl methyl sites for hydroxylation is 3. The van der Waals surface area contributed by atoms with E-state index in [4.69, 9.17) is 0 Å². The number of benzene rings is 1. The fourth-order valence-corrected chi connectivity index (χ4v) is 5.68. The molecule has 1 aliphatic carbocycles. The zero-order chi connectivity index (χ0) is 17.9. The molecular weight excluding hydrogens is 382 g/mol. The maximum Gasteiger partial charge on any atom is 0.258 e. The van der Waals surface area contributed by atoms with Gasteiger partial charge in [0, 0.05) is 20.9 Å². The third kappa shape index (κ3) is 4.00. The van der Waals surface area contributed by atoms with E-state index in [1.54, 1.807) is 34.4 Å². The largest absolute Gasteiger partial charge is 0.298 e. The molecule has 26 heavy (non-hydrogen) atoms. The van der Waals surface area contributed by atoms with E-state index < -0.39 is 0 Å². The second-order valence-corrected chi connectivity index (χ2v) is 9.36. The number of nitrogens with zero attached hydrogens (tertiary/aromatic N) is 2. The first-order chi connectivity index (χ1) is 12.7. The maximum absolute atomic E-state index is 12.8. The van der Waals surface area contributed by atoms with Gasteiger partial charge in [-0.3, -0.25) is 10.1 Å². The average molecular weight is 402 g/mol. The van der Waals surface area contributed by atoms with Gasteiger partial charge in [0.25, 0.3) is 5.91 Å². The molecule has 7 heteroatoms. The van der Waals surface area contributed by atoms with Crippen molar-refractivity contribution < 1.29 is 4.79 Å². The summed E-state index contributed by atoms with van der Waals surface area (Å²) in [6, 6.07) is 7.73. The van der Waals surface area contributed by atoms with Crippen molar-refractivity contribution in [3.63, 3.8) is 0 Å². The molecule has 0 atom stereocenters. The molecule has 0 fully saturated rings. The number of anilines is 1. The van der Waals surface area contributed by atoms with Gasteiger partial charge in [-0.1, -0.05) is 12.1 Å². The summed E-state index contributed by atoms with van der Waals surface area (Å²) >= 11 is 4.92. The van der Waals surface area contributed by atoms with E-state index in [0.717, 1.165) is 45.0 Å². The molecule has 3 aromatic rings. The van der Waals surface area contributed by atoms with Crippen molar-refractivity contribution >= 4 is 45.5 Å². The Bertz CT molecular complexity index is 908. The predicted octanol–water partition coefficient (Wildman–Crippen LogP) is 5.33. The number of hydrogen-bond donors (Lipinski definition) is 1. The van der Waals surface area contributed by atoms with Crippen LogP contribution in [0, 0.1) is 6.92 Å². The quantitative estimate of drug-likeness (QED) is 0.587. The molecule has 1 amide bonds. The Hall–Kier alpha value is -1.70. The normalized spacial score (nSPS) is 13.4. The van der Waals surface area contributed by atoms with Gasteiger partial charge in [0.2, 0.25) is 0 Å². The smallest absolute Gasteiger partial charge is 0.258 e. The molecule has 2 aromatic heterocycles. The zero-order valence-electron chi connectivity index (χ0n) is 14.4. The molecule has 1 aromatic carbocycles. The molecule has 0 saturated heterocycles. The number of rotatable bonds is 5. The number of nitrogens with one attached hydrogen (secondary N) is 1. The van der Waals surface area contributed by atoms with E-state index in [0.29, 0.717) is 5.56 Å². The standard InChI is InChI=1S/C19H19N3OS3/c1-12-20-13(10-24-12)11-25-16-8-4-2-6-14(16)18(23)22-19-21-15-7-3-5-9-17(15)26-19/h2,4,6,8,10H,3,5,7,9,11H2,1H3,(H,21,22,23). The van der Waals surface area contributed by atoms with Crippen LogP contribution in [0.1, 0.15) is 44.5 Å². The van der Waals surface area contributed by atoms with Crippen LogP contribution < -0.4 is 5.32 Å². The van der Waals surface area contributed by atoms with Crippen LogP contribution in [0.4, 0.5) is 5.13 Å². The summed E-state index contributed by atoms with van der Waals surface area (Å²) in [5.41, 5.74) is 2.91. The molecule has 0 spiro atoms. The van der Waals surface area contributed by atoms with Gasteiger partial charge in [-0.2, -0.15) is 0 Å². The van der Waals surface area contributed by atoms with Gasteiger partial charge < -0.3 is 0 Å². The second kappa shape index (κ2) is 7.90. The topological polar surface area (TPSA) is 54.9 Å². The van der Waals surface area contributed by atoms with Crippen LogP contribution >= 0.6 is 34.4 Å². The van der Waals surface area contributed by atoms with E-state index in [9.17, 15) is 4.79 Å². The SMILES string of the molecule is Cc1nc(CSc2ccccc2C(=O)Nc2nc3c(s2)CCCC3)cs1. The zero-order valence-corrected chi connectivity index (χ0v) is 16.9. The van der Waals surface area contributed by atoms with Gasteiger partial charge in [-0.05, 0) is 44.7 Å². The molecule has 1 N–H and O–H groups in total. The summed E-state index contributed by atoms with van der Waals surface area (Å²) in [6.07, 6.45) is 4.53. The van der Waals surface area contributed by atoms with Crippen LogP contribution in [0.25, 0.3) is 0 Å². The van der Waals surface area contributed by atoms with Gasteiger partial charge >= 0.3 is 0 Å². The third-order valence-electron chi connectivity index (χ3n) is 4.24. The number of thiazole rings is 2. The minimum absolute atomic E-state index is 0.0892. The van der Waals surface area contributed by atoms with Crippen molar-refractivity contribution in [2.45, 2.75) is 43.3 Å². The van der Waals surface area contributed by atoms with Crippen molar-refractivity contribution in [2.24, 2.45) is 0 Å². The number of aromatic nitrogens is 2. The number of thioether (sulfide) groups is 1. The molecule has 0 unspecified atom stereocenters. The van der Waals surface area contributed by atoms with Crippen LogP contribution in [-0.4, -0.2) is 15.9 Å². The highest BCUT2D eigenvalue weighted by atomic mass is 32.2. The van der Waals surface area contributed by atoms with Crippen molar-refractivity contribution in [1.29, 1.82) is 0 Å². The summed E-state index contributed by atoms with van der Waals surface area (Å²) in [4.78, 5) is 24.2. The lowest BCUT2D eigenvalue weighted by molar-refractivity contribution is 0.102. The van der Waals surface area contributed by atoms with Crippen molar-refractivity contribution in [1.82, 2.24) is 9.97 Å². The van der Waals surface area contributed by atoms with Crippen LogP contribution in [0.2, 0.25) is 0 Å². The van der Waals surface area contributed by atoms with Crippen LogP contribution in [-0.2, 0) is 18.6 Å². The Labute approximate surface area is 165 Å². The molecular formula is C19H19N3OS3. The van der Waals surface area contributed by atoms with Gasteiger partial charge in [0.15, 0.2) is 5.13 Å². The lowest BCUT2D eigenvalue weighted by Crippen LogP contribution is -2.13. The van der Waals surface area contributed by atoms with E-state index in [-0.39, 0.29) is 5.91 Å². The maximum atomic E-state index is 12.8. The van der Waals surface area contributed by atoms with Gasteiger partial charge in [-0.15, -0.1) is 34.4 Å². The molecule has 4 nitrogen and oxygen atoms in total. The van der Waals surface area contributed by atoms with E-state index in [1.165, 1.54) is 17.7 Å². The Balaban J connectivity index is 1.48. The van der Waals surface area contributed by atoms with Crippen molar-refractivity contribution in [3.05, 3.63) is 56.5 Å². The van der Waals surface area contributed by atoms with Crippen LogP contribution in [0.3, 0.4) is 0 Å². The Morgan fingerprint density at radius 2 is 2.08 bits per heavy atom. The van der Waals surface area contributed by atoms with E-state index in [1.807, 2.05) is 31.2 Å². The summed E-state index contributed by atoms with van der Waals surface area (Å²) < 4.78 is 0. The highest BCUT2D eigenvalue weighted by Crippen LogP contribution is 2.31. The Morgan fingerprint density at radius 1 is 1.23 bits per heavy atom. The highest BCUT2D eigenvalue weighted by molar-refractivity contribution is 7.98. The Kier molecular flexibility index (Phi) is 5.38. The monoisotopic (exact) mass is 401 g/mol. The molecule has 1 aliphatic rings. The molecule has 0 radical (unpaired) electrons. The van der Waals surface area contributed by atoms with Crippen molar-refractivity contribution in [2.75, 3.05) is 5.32 Å². The summed E-state index contributed by atoms with van der Waals surface area (Å²) in [5.74, 6) is 0.675. The molecule has 0 aliphatic heterocycles. The number of hydrogen-bond acceptors (Lipinski definition) is 6. The molecule has 4 rings (SSSR count). The molecule has 134 valence electrons. The van der Waals surface area contributed by atoms with E-state index in [2.05, 4.69) is 20.7 Å². The first kappa shape index (κ1) is 17.7. The molecule has 2 heterocycles. The van der Waals surface area contributed by atoms with Gasteiger partial charge in [-0.25, -0.2) is 9.97 Å². The summed E-state index contributed by atoms with van der Waals surface area (Å²) in [6.45, 7) is 2.01. The van der Waals surface area contributed by atoms with E-state index >= 15 is 0 Å². The first-order valence-electron chi connectivity index (χ1n) is 8.62. The molecule has 0 bridgehead atoms. The second-order valence-electron chi connectivity index (χ2n) is 6.19. The number of amides is 1. The van der Waals surface area contributed by atoms with Gasteiger partial charge in [0.1, 0.15) is 0 Å². The average Bonchev–Trinajstić information content (AvgIpc) is 3.25. The minimum Gasteiger partial charge on any atom is -0.298 e. The molecule has 0 saturated carbocycles. The first-order valence-corrected chi connectivity index (χ1v) is 11.3.